The number of carbonyl (C=O) groups excluding carboxylic acids is 4. The highest BCUT2D eigenvalue weighted by Crippen LogP contribution is 2.52. The molecule has 0 heterocycles. The Kier molecular flexibility index (Phi) is 24.8. The summed E-state index contributed by atoms with van der Waals surface area (Å²) in [6.45, 7) is 10.8. The minimum Gasteiger partial charge on any atom is -0.496 e. The number of ketones is 4. The van der Waals surface area contributed by atoms with Gasteiger partial charge >= 0.3 is 23.9 Å². The molecule has 4 aromatic carbocycles. The number of carbonyl (C=O) groups is 8. The molecule has 1 aliphatic rings. The lowest BCUT2D eigenvalue weighted by atomic mass is 9.76. The van der Waals surface area contributed by atoms with Gasteiger partial charge in [0.15, 0.2) is 23.1 Å². The predicted molar refractivity (Wildman–Crippen MR) is 323 cm³/mol. The first-order valence-electron chi connectivity index (χ1n) is 28.6. The largest absolute Gasteiger partial charge is 0.496 e. The molecule has 24 heteroatoms. The number of aliphatic carboxylic acids is 4. The van der Waals surface area contributed by atoms with Gasteiger partial charge in [-0.25, -0.2) is 0 Å². The van der Waals surface area contributed by atoms with Gasteiger partial charge in [0, 0.05) is 68.8 Å². The first kappa shape index (κ1) is 70.4. The van der Waals surface area contributed by atoms with Gasteiger partial charge in [-0.2, -0.15) is 0 Å². The van der Waals surface area contributed by atoms with Gasteiger partial charge < -0.3 is 58.3 Å². The maximum Gasteiger partial charge on any atom is 0.320 e. The molecular weight excluding hydrogens is 1140 g/mol. The first-order valence-corrected chi connectivity index (χ1v) is 28.6. The summed E-state index contributed by atoms with van der Waals surface area (Å²) in [5.41, 5.74) is 0.329. The summed E-state index contributed by atoms with van der Waals surface area (Å²) >= 11 is 0. The number of hydrogen-bond acceptors (Lipinski definition) is 20. The predicted octanol–water partition coefficient (Wildman–Crippen LogP) is 5.67. The fourth-order valence-electron chi connectivity index (χ4n) is 11.3. The molecular formula is C64H84N4O20. The van der Waals surface area contributed by atoms with Crippen LogP contribution in [0.15, 0.2) is 48.5 Å². The zero-order chi connectivity index (χ0) is 65.8. The molecule has 4 atom stereocenters. The van der Waals surface area contributed by atoms with Crippen LogP contribution in [0.4, 0.5) is 0 Å². The Morgan fingerprint density at radius 1 is 0.295 bits per heavy atom. The van der Waals surface area contributed by atoms with Crippen LogP contribution < -0.4 is 59.2 Å². The quantitative estimate of drug-likeness (QED) is 0.0292. The Balaban J connectivity index is 2.20. The summed E-state index contributed by atoms with van der Waals surface area (Å²) in [5.74, 6) is -16.1. The summed E-state index contributed by atoms with van der Waals surface area (Å²) < 4.78 is 48.8. The summed E-state index contributed by atoms with van der Waals surface area (Å²) in [4.78, 5) is 114. The molecule has 8 N–H and O–H groups in total. The molecule has 0 aliphatic heterocycles. The lowest BCUT2D eigenvalue weighted by Crippen LogP contribution is -2.44. The molecule has 0 saturated carbocycles. The van der Waals surface area contributed by atoms with E-state index in [0.29, 0.717) is 0 Å². The molecule has 0 spiro atoms. The molecule has 0 unspecified atom stereocenters. The van der Waals surface area contributed by atoms with Crippen molar-refractivity contribution in [3.05, 3.63) is 93.0 Å². The Morgan fingerprint density at radius 2 is 0.432 bits per heavy atom. The van der Waals surface area contributed by atoms with Crippen LogP contribution in [-0.2, 0) is 38.4 Å². The fourth-order valence-corrected chi connectivity index (χ4v) is 11.3. The van der Waals surface area contributed by atoms with Gasteiger partial charge in [-0.05, 0) is 47.9 Å². The van der Waals surface area contributed by atoms with E-state index in [-0.39, 0.29) is 90.5 Å². The van der Waals surface area contributed by atoms with Crippen molar-refractivity contribution < 1.29 is 96.7 Å². The third kappa shape index (κ3) is 15.5. The molecule has 0 radical (unpaired) electrons. The van der Waals surface area contributed by atoms with Gasteiger partial charge in [-0.15, -0.1) is 0 Å². The van der Waals surface area contributed by atoms with E-state index in [1.807, 2.05) is 0 Å². The summed E-state index contributed by atoms with van der Waals surface area (Å²) in [5, 5.41) is 53.0. The molecule has 0 saturated heterocycles. The van der Waals surface area contributed by atoms with Crippen LogP contribution in [0.2, 0.25) is 0 Å². The molecule has 0 aromatic heterocycles. The number of methoxy groups -OCH3 is 8. The van der Waals surface area contributed by atoms with E-state index in [0.717, 1.165) is 0 Å². The zero-order valence-electron chi connectivity index (χ0n) is 52.7. The lowest BCUT2D eigenvalue weighted by Gasteiger charge is -2.31. The van der Waals surface area contributed by atoms with Crippen LogP contribution in [0.25, 0.3) is 0 Å². The van der Waals surface area contributed by atoms with Crippen LogP contribution >= 0.6 is 0 Å². The number of benzene rings is 4. The van der Waals surface area contributed by atoms with Gasteiger partial charge in [0.2, 0.25) is 0 Å². The second-order valence-corrected chi connectivity index (χ2v) is 22.7. The SMILES string of the molecule is COc1cc(OC)c2cc1C(C(=O)CN[C@@H](C(=O)O)C(C)C)c1cc(c(OC)cc1OC)C(C(=O)CN[C@@H](C(=O)O)C(C)C)c1cc(c(OC)cc1OC)C(C(=O)CN[C@@H](C(=O)O)C(C)C)c1cc(c(OC)cc1OC)C2C(=O)CN[C@@H](C(=O)O)C(C)C. The smallest absolute Gasteiger partial charge is 0.320 e. The van der Waals surface area contributed by atoms with Crippen molar-refractivity contribution in [1.82, 2.24) is 21.3 Å². The molecule has 5 rings (SSSR count). The molecule has 1 aliphatic carbocycles. The third-order valence-corrected chi connectivity index (χ3v) is 15.8. The van der Waals surface area contributed by atoms with Crippen LogP contribution in [0.3, 0.4) is 0 Å². The minimum absolute atomic E-state index is 0.00139. The molecule has 8 bridgehead atoms. The number of fused-ring (bicyclic) bond motifs is 8. The van der Waals surface area contributed by atoms with E-state index >= 15 is 19.2 Å². The van der Waals surface area contributed by atoms with Crippen LogP contribution in [0.5, 0.6) is 46.0 Å². The normalized spacial score (nSPS) is 16.9. The van der Waals surface area contributed by atoms with Gasteiger partial charge in [0.25, 0.3) is 0 Å². The highest BCUT2D eigenvalue weighted by atomic mass is 16.5. The van der Waals surface area contributed by atoms with Gasteiger partial charge in [0.05, 0.1) is 107 Å². The summed E-state index contributed by atoms with van der Waals surface area (Å²) in [6.07, 6.45) is 0. The van der Waals surface area contributed by atoms with Crippen molar-refractivity contribution in [2.75, 3.05) is 83.1 Å². The number of carboxylic acid groups (broad SMARTS) is 4. The molecule has 480 valence electrons. The van der Waals surface area contributed by atoms with Crippen molar-refractivity contribution in [2.24, 2.45) is 23.7 Å². The number of rotatable bonds is 32. The van der Waals surface area contributed by atoms with Crippen LogP contribution in [0.1, 0.15) is 124 Å². The number of nitrogens with one attached hydrogen (secondary N) is 4. The average Bonchev–Trinajstić information content (AvgIpc) is 0.784. The third-order valence-electron chi connectivity index (χ3n) is 15.8. The first-order chi connectivity index (χ1) is 41.6. The van der Waals surface area contributed by atoms with Crippen molar-refractivity contribution in [3.8, 4) is 46.0 Å². The summed E-state index contributed by atoms with van der Waals surface area (Å²) in [7, 11) is 10.6. The Labute approximate surface area is 512 Å². The van der Waals surface area contributed by atoms with E-state index in [9.17, 15) is 39.6 Å². The second-order valence-electron chi connectivity index (χ2n) is 22.7. The maximum absolute atomic E-state index is 15.8. The topological polar surface area (TPSA) is 339 Å². The minimum atomic E-state index is -1.57. The zero-order valence-corrected chi connectivity index (χ0v) is 52.7. The number of ether oxygens (including phenoxy) is 8. The monoisotopic (exact) mass is 1230 g/mol. The Morgan fingerprint density at radius 3 is 0.534 bits per heavy atom. The lowest BCUT2D eigenvalue weighted by molar-refractivity contribution is -0.141. The van der Waals surface area contributed by atoms with Gasteiger partial charge in [-0.1, -0.05) is 55.4 Å². The molecule has 88 heavy (non-hydrogen) atoms. The van der Waals surface area contributed by atoms with E-state index in [4.69, 9.17) is 37.9 Å². The van der Waals surface area contributed by atoms with E-state index < -0.39 is 145 Å². The average molecular weight is 1230 g/mol. The van der Waals surface area contributed by atoms with Crippen molar-refractivity contribution in [2.45, 2.75) is 103 Å². The van der Waals surface area contributed by atoms with Crippen molar-refractivity contribution in [3.63, 3.8) is 0 Å². The number of carboxylic acids is 4. The van der Waals surface area contributed by atoms with Crippen molar-refractivity contribution in [1.29, 1.82) is 0 Å². The van der Waals surface area contributed by atoms with E-state index in [2.05, 4.69) is 21.3 Å². The molecule has 4 aromatic rings. The maximum atomic E-state index is 15.8. The molecule has 0 amide bonds. The molecule has 0 fully saturated rings. The van der Waals surface area contributed by atoms with Crippen LogP contribution in [-0.4, -0.2) is 175 Å². The van der Waals surface area contributed by atoms with Gasteiger partial charge in [0.1, 0.15) is 70.2 Å². The number of hydrogen-bond donors (Lipinski definition) is 8. The highest BCUT2D eigenvalue weighted by molar-refractivity contribution is 5.98. The van der Waals surface area contributed by atoms with E-state index in [1.54, 1.807) is 55.4 Å². The van der Waals surface area contributed by atoms with Gasteiger partial charge in [-0.3, -0.25) is 59.6 Å². The second kappa shape index (κ2) is 31.0. The summed E-state index contributed by atoms with van der Waals surface area (Å²) in [6, 6.07) is 6.71. The van der Waals surface area contributed by atoms with Crippen LogP contribution in [0, 0.1) is 23.7 Å². The standard InChI is InChI=1S/C64H84N4O20/c1-29(2)57(61(73)74)65-25-41(69)53-33-17-35(47(83-11)21-45(33)81-9)54(42(70)26-66-58(30(3)4)62(75)76)37-19-39(51(87-15)23-49(37)85-13)56(44(72)28-68-60(32(7)8)64(79)80)40-20-38(50(86-14)24-52(40)88-16)55(43(71)27-67-59(31(5)6)63(77)78)36-18-34(53)46(82-10)22-48(36)84-12/h17-24,29-32,53-60,65-68H,25-28H2,1-16H3,(H,73,74)(H,75,76)(H,77,78)(H,79,80)/t53?,54?,55?,56?,57-,58-,59-,60-/m1/s1. The molecule has 24 nitrogen and oxygen atoms in total. The number of Topliss-reactive ketones (excluding diaryl/α,β-unsaturated/α-hetero) is 4. The highest BCUT2D eigenvalue weighted by Gasteiger charge is 2.42. The fraction of sp³-hybridized carbons (Fsp3) is 0.500. The van der Waals surface area contributed by atoms with E-state index in [1.165, 1.54) is 105 Å². The van der Waals surface area contributed by atoms with Crippen molar-refractivity contribution >= 4 is 47.0 Å². The Hall–Kier alpha value is -8.32. The Bertz CT molecular complexity index is 2700.